The summed E-state index contributed by atoms with van der Waals surface area (Å²) in [6.45, 7) is 0.472. The molecule has 0 atom stereocenters. The Morgan fingerprint density at radius 3 is 2.83 bits per heavy atom. The number of hydrogen-bond donors (Lipinski definition) is 0. The Morgan fingerprint density at radius 2 is 2.00 bits per heavy atom. The molecule has 0 radical (unpaired) electrons. The van der Waals surface area contributed by atoms with Crippen molar-refractivity contribution in [2.75, 3.05) is 0 Å². The van der Waals surface area contributed by atoms with E-state index in [0.29, 0.717) is 11.6 Å². The predicted molar refractivity (Wildman–Crippen MR) is 75.4 cm³/mol. The zero-order valence-corrected chi connectivity index (χ0v) is 11.0. The topological polar surface area (TPSA) is 22.1 Å². The summed E-state index contributed by atoms with van der Waals surface area (Å²) in [6.07, 6.45) is 0. The van der Waals surface area contributed by atoms with Gasteiger partial charge in [0.25, 0.3) is 0 Å². The first-order chi connectivity index (χ1) is 8.81. The third-order valence-electron chi connectivity index (χ3n) is 2.50. The van der Waals surface area contributed by atoms with Gasteiger partial charge in [-0.3, -0.25) is 0 Å². The molecular weight excluding hydrogens is 266 g/mol. The van der Waals surface area contributed by atoms with E-state index in [0.717, 1.165) is 16.3 Å². The van der Waals surface area contributed by atoms with Gasteiger partial charge in [0.15, 0.2) is 0 Å². The maximum absolute atomic E-state index is 5.90. The first-order valence-corrected chi connectivity index (χ1v) is 6.73. The number of halogens is 1. The molecular formula is C14H10ClNOS. The maximum Gasteiger partial charge on any atom is 0.140 e. The summed E-state index contributed by atoms with van der Waals surface area (Å²) < 4.78 is 6.85. The number of nitrogens with zero attached hydrogens (tertiary/aromatic N) is 1. The van der Waals surface area contributed by atoms with Gasteiger partial charge in [0.2, 0.25) is 0 Å². The highest BCUT2D eigenvalue weighted by molar-refractivity contribution is 7.18. The molecule has 0 saturated carbocycles. The fourth-order valence-electron chi connectivity index (χ4n) is 1.68. The Bertz CT molecular complexity index is 647. The lowest BCUT2D eigenvalue weighted by Gasteiger charge is -2.03. The number of aromatic nitrogens is 1. The number of fused-ring (bicyclic) bond motifs is 1. The molecule has 0 spiro atoms. The molecule has 0 N–H and O–H groups in total. The van der Waals surface area contributed by atoms with Gasteiger partial charge in [-0.1, -0.05) is 29.8 Å². The van der Waals surface area contributed by atoms with Crippen LogP contribution in [0.1, 0.15) is 5.01 Å². The van der Waals surface area contributed by atoms with Gasteiger partial charge in [-0.25, -0.2) is 4.98 Å². The average Bonchev–Trinajstić information content (AvgIpc) is 2.79. The SMILES string of the molecule is Clc1cccc(OCc2nc3ccccc3s2)c1. The summed E-state index contributed by atoms with van der Waals surface area (Å²) in [5, 5.41) is 1.65. The zero-order valence-electron chi connectivity index (χ0n) is 9.47. The largest absolute Gasteiger partial charge is 0.486 e. The van der Waals surface area contributed by atoms with Crippen LogP contribution >= 0.6 is 22.9 Å². The average molecular weight is 276 g/mol. The fourth-order valence-corrected chi connectivity index (χ4v) is 2.74. The van der Waals surface area contributed by atoms with Gasteiger partial charge in [0, 0.05) is 5.02 Å². The van der Waals surface area contributed by atoms with E-state index in [2.05, 4.69) is 11.1 Å². The molecule has 18 heavy (non-hydrogen) atoms. The molecule has 4 heteroatoms. The monoisotopic (exact) mass is 275 g/mol. The van der Waals surface area contributed by atoms with Crippen molar-refractivity contribution in [3.8, 4) is 5.75 Å². The van der Waals surface area contributed by atoms with Crippen LogP contribution in [0.25, 0.3) is 10.2 Å². The summed E-state index contributed by atoms with van der Waals surface area (Å²) in [5.41, 5.74) is 1.02. The number of para-hydroxylation sites is 1. The fraction of sp³-hybridized carbons (Fsp3) is 0.0714. The van der Waals surface area contributed by atoms with Crippen molar-refractivity contribution >= 4 is 33.2 Å². The van der Waals surface area contributed by atoms with E-state index in [4.69, 9.17) is 16.3 Å². The molecule has 0 aliphatic heterocycles. The third-order valence-corrected chi connectivity index (χ3v) is 3.74. The lowest BCUT2D eigenvalue weighted by molar-refractivity contribution is 0.306. The summed E-state index contributed by atoms with van der Waals surface area (Å²) in [6, 6.07) is 15.5. The molecule has 0 unspecified atom stereocenters. The quantitative estimate of drug-likeness (QED) is 0.701. The van der Waals surface area contributed by atoms with Crippen LogP contribution in [0.3, 0.4) is 0 Å². The van der Waals surface area contributed by atoms with Crippen molar-refractivity contribution in [3.63, 3.8) is 0 Å². The number of ether oxygens (including phenoxy) is 1. The minimum absolute atomic E-state index is 0.472. The van der Waals surface area contributed by atoms with E-state index in [1.54, 1.807) is 17.4 Å². The van der Waals surface area contributed by atoms with Crippen molar-refractivity contribution in [1.29, 1.82) is 0 Å². The molecule has 0 fully saturated rings. The van der Waals surface area contributed by atoms with Crippen molar-refractivity contribution in [2.45, 2.75) is 6.61 Å². The zero-order chi connectivity index (χ0) is 12.4. The molecule has 2 aromatic carbocycles. The van der Waals surface area contributed by atoms with Gasteiger partial charge in [-0.05, 0) is 30.3 Å². The van der Waals surface area contributed by atoms with E-state index >= 15 is 0 Å². The van der Waals surface area contributed by atoms with Gasteiger partial charge in [-0.2, -0.15) is 0 Å². The molecule has 90 valence electrons. The summed E-state index contributed by atoms with van der Waals surface area (Å²) in [7, 11) is 0. The smallest absolute Gasteiger partial charge is 0.140 e. The van der Waals surface area contributed by atoms with Crippen LogP contribution in [0, 0.1) is 0 Å². The van der Waals surface area contributed by atoms with Crippen LogP contribution in [-0.4, -0.2) is 4.98 Å². The molecule has 0 saturated heterocycles. The van der Waals surface area contributed by atoms with E-state index in [1.165, 1.54) is 4.70 Å². The van der Waals surface area contributed by atoms with Gasteiger partial charge >= 0.3 is 0 Å². The van der Waals surface area contributed by atoms with E-state index < -0.39 is 0 Å². The van der Waals surface area contributed by atoms with Gasteiger partial charge in [0.05, 0.1) is 10.2 Å². The van der Waals surface area contributed by atoms with Crippen LogP contribution < -0.4 is 4.74 Å². The van der Waals surface area contributed by atoms with Crippen molar-refractivity contribution in [1.82, 2.24) is 4.98 Å². The molecule has 1 heterocycles. The highest BCUT2D eigenvalue weighted by Gasteiger charge is 2.04. The second-order valence-corrected chi connectivity index (χ2v) is 5.37. The van der Waals surface area contributed by atoms with E-state index in [9.17, 15) is 0 Å². The summed E-state index contributed by atoms with van der Waals surface area (Å²) in [5.74, 6) is 0.766. The lowest BCUT2D eigenvalue weighted by Crippen LogP contribution is -1.94. The number of thiazole rings is 1. The second-order valence-electron chi connectivity index (χ2n) is 3.82. The predicted octanol–water partition coefficient (Wildman–Crippen LogP) is 4.53. The Hall–Kier alpha value is -1.58. The van der Waals surface area contributed by atoms with Gasteiger partial charge in [0.1, 0.15) is 17.4 Å². The van der Waals surface area contributed by atoms with Crippen molar-refractivity contribution in [2.24, 2.45) is 0 Å². The second kappa shape index (κ2) is 4.96. The molecule has 2 nitrogen and oxygen atoms in total. The Morgan fingerprint density at radius 1 is 1.11 bits per heavy atom. The molecule has 3 rings (SSSR count). The van der Waals surface area contributed by atoms with Crippen LogP contribution in [-0.2, 0) is 6.61 Å². The van der Waals surface area contributed by atoms with Gasteiger partial charge < -0.3 is 4.74 Å². The molecule has 3 aromatic rings. The van der Waals surface area contributed by atoms with Crippen LogP contribution in [0.5, 0.6) is 5.75 Å². The third kappa shape index (κ3) is 2.47. The van der Waals surface area contributed by atoms with E-state index in [-0.39, 0.29) is 0 Å². The molecule has 1 aromatic heterocycles. The van der Waals surface area contributed by atoms with E-state index in [1.807, 2.05) is 36.4 Å². The first-order valence-electron chi connectivity index (χ1n) is 5.54. The first kappa shape index (κ1) is 11.5. The highest BCUT2D eigenvalue weighted by atomic mass is 35.5. The normalized spacial score (nSPS) is 10.7. The minimum Gasteiger partial charge on any atom is -0.486 e. The summed E-state index contributed by atoms with van der Waals surface area (Å²) in [4.78, 5) is 4.51. The number of rotatable bonds is 3. The molecule has 0 bridgehead atoms. The van der Waals surface area contributed by atoms with Crippen LogP contribution in [0.4, 0.5) is 0 Å². The van der Waals surface area contributed by atoms with Crippen LogP contribution in [0.15, 0.2) is 48.5 Å². The Labute approximate surface area is 114 Å². The van der Waals surface area contributed by atoms with Crippen LogP contribution in [0.2, 0.25) is 5.02 Å². The van der Waals surface area contributed by atoms with Gasteiger partial charge in [-0.15, -0.1) is 11.3 Å². The van der Waals surface area contributed by atoms with Crippen molar-refractivity contribution in [3.05, 3.63) is 58.6 Å². The molecule has 0 aliphatic rings. The standard InChI is InChI=1S/C14H10ClNOS/c15-10-4-3-5-11(8-10)17-9-14-16-12-6-1-2-7-13(12)18-14/h1-8H,9H2. The molecule has 0 amide bonds. The number of hydrogen-bond acceptors (Lipinski definition) is 3. The minimum atomic E-state index is 0.472. The summed E-state index contributed by atoms with van der Waals surface area (Å²) >= 11 is 7.55. The Kier molecular flexibility index (Phi) is 3.17. The lowest BCUT2D eigenvalue weighted by atomic mass is 10.3. The number of benzene rings is 2. The highest BCUT2D eigenvalue weighted by Crippen LogP contribution is 2.23. The maximum atomic E-state index is 5.90. The molecule has 0 aliphatic carbocycles. The Balaban J connectivity index is 1.76. The van der Waals surface area contributed by atoms with Crippen molar-refractivity contribution < 1.29 is 4.74 Å².